The molecular weight excluding hydrogens is 422 g/mol. The molecule has 8 heteroatoms. The molecule has 0 spiro atoms. The first-order chi connectivity index (χ1) is 9.79. The molecule has 1 fully saturated rings. The first-order valence-electron chi connectivity index (χ1n) is 6.72. The normalized spacial score (nSPS) is 20.6. The van der Waals surface area contributed by atoms with Gasteiger partial charge in [0.1, 0.15) is 4.90 Å². The zero-order chi connectivity index (χ0) is 15.6. The number of nitrogens with two attached hydrogens (primary N) is 1. The van der Waals surface area contributed by atoms with E-state index >= 15 is 0 Å². The predicted octanol–water partition coefficient (Wildman–Crippen LogP) is 2.41. The highest BCUT2D eigenvalue weighted by Crippen LogP contribution is 2.32. The summed E-state index contributed by atoms with van der Waals surface area (Å²) in [5, 5.41) is 0. The highest BCUT2D eigenvalue weighted by molar-refractivity contribution is 9.11. The van der Waals surface area contributed by atoms with Gasteiger partial charge in [-0.25, -0.2) is 13.1 Å². The zero-order valence-electron chi connectivity index (χ0n) is 11.8. The van der Waals surface area contributed by atoms with Gasteiger partial charge in [-0.3, -0.25) is 0 Å². The molecule has 0 saturated carbocycles. The summed E-state index contributed by atoms with van der Waals surface area (Å²) in [5.41, 5.74) is 6.20. The Labute approximate surface area is 142 Å². The molecule has 1 aromatic carbocycles. The molecule has 1 aromatic rings. The lowest BCUT2D eigenvalue weighted by molar-refractivity contribution is 0.211. The second kappa shape index (κ2) is 6.95. The van der Waals surface area contributed by atoms with Gasteiger partial charge in [0.15, 0.2) is 0 Å². The number of likely N-dealkylation sites (tertiary alicyclic amines) is 1. The van der Waals surface area contributed by atoms with Gasteiger partial charge < -0.3 is 10.6 Å². The zero-order valence-corrected chi connectivity index (χ0v) is 15.8. The van der Waals surface area contributed by atoms with Crippen LogP contribution in [0.25, 0.3) is 0 Å². The second-order valence-corrected chi connectivity index (χ2v) is 8.85. The average molecular weight is 441 g/mol. The van der Waals surface area contributed by atoms with Gasteiger partial charge in [0, 0.05) is 27.7 Å². The molecule has 0 radical (unpaired) electrons. The predicted molar refractivity (Wildman–Crippen MR) is 91.7 cm³/mol. The molecule has 1 heterocycles. The van der Waals surface area contributed by atoms with Crippen LogP contribution in [0.2, 0.25) is 0 Å². The number of hydrogen-bond acceptors (Lipinski definition) is 4. The van der Waals surface area contributed by atoms with Crippen LogP contribution in [0.4, 0.5) is 5.69 Å². The summed E-state index contributed by atoms with van der Waals surface area (Å²) in [6.07, 6.45) is 2.16. The Kier molecular flexibility index (Phi) is 5.70. The van der Waals surface area contributed by atoms with Gasteiger partial charge in [0.2, 0.25) is 10.0 Å². The Morgan fingerprint density at radius 1 is 1.38 bits per heavy atom. The van der Waals surface area contributed by atoms with Crippen molar-refractivity contribution in [1.82, 2.24) is 9.62 Å². The Morgan fingerprint density at radius 3 is 2.57 bits per heavy atom. The third-order valence-corrected chi connectivity index (χ3v) is 6.87. The molecule has 0 aliphatic carbocycles. The van der Waals surface area contributed by atoms with E-state index in [1.807, 2.05) is 0 Å². The fourth-order valence-corrected chi connectivity index (χ4v) is 6.31. The first kappa shape index (κ1) is 17.2. The van der Waals surface area contributed by atoms with Crippen LogP contribution >= 0.6 is 31.9 Å². The maximum atomic E-state index is 12.5. The van der Waals surface area contributed by atoms with Crippen LogP contribution < -0.4 is 10.5 Å². The summed E-state index contributed by atoms with van der Waals surface area (Å²) in [7, 11) is -1.51. The number of halogens is 2. The lowest BCUT2D eigenvalue weighted by Gasteiger charge is -2.29. The molecule has 1 aliphatic heterocycles. The van der Waals surface area contributed by atoms with Gasteiger partial charge in [0.25, 0.3) is 0 Å². The van der Waals surface area contributed by atoms with E-state index in [1.54, 1.807) is 12.1 Å². The van der Waals surface area contributed by atoms with E-state index in [0.717, 1.165) is 25.9 Å². The van der Waals surface area contributed by atoms with E-state index in [0.29, 0.717) is 27.1 Å². The molecule has 2 rings (SSSR count). The molecule has 5 nitrogen and oxygen atoms in total. The molecule has 1 unspecified atom stereocenters. The molecule has 1 saturated heterocycles. The lowest BCUT2D eigenvalue weighted by Crippen LogP contribution is -2.39. The van der Waals surface area contributed by atoms with Gasteiger partial charge >= 0.3 is 0 Å². The first-order valence-corrected chi connectivity index (χ1v) is 9.79. The van der Waals surface area contributed by atoms with E-state index in [-0.39, 0.29) is 4.90 Å². The van der Waals surface area contributed by atoms with E-state index in [4.69, 9.17) is 5.73 Å². The highest BCUT2D eigenvalue weighted by atomic mass is 79.9. The Balaban J connectivity index is 2.12. The van der Waals surface area contributed by atoms with Crippen molar-refractivity contribution in [2.45, 2.75) is 17.7 Å². The van der Waals surface area contributed by atoms with Gasteiger partial charge in [-0.1, -0.05) is 0 Å². The van der Waals surface area contributed by atoms with E-state index in [9.17, 15) is 8.42 Å². The molecule has 3 N–H and O–H groups in total. The van der Waals surface area contributed by atoms with Crippen LogP contribution in [0.5, 0.6) is 0 Å². The average Bonchev–Trinajstić information content (AvgIpc) is 2.35. The largest absolute Gasteiger partial charge is 0.399 e. The van der Waals surface area contributed by atoms with Crippen LogP contribution in [0.15, 0.2) is 26.0 Å². The molecule has 0 bridgehead atoms. The number of rotatable bonds is 4. The van der Waals surface area contributed by atoms with Crippen LogP contribution in [-0.4, -0.2) is 40.0 Å². The third-order valence-electron chi connectivity index (χ3n) is 3.57. The number of nitrogens with zero attached hydrogens (tertiary/aromatic N) is 1. The third kappa shape index (κ3) is 4.41. The molecule has 1 aliphatic rings. The number of sulfonamides is 1. The smallest absolute Gasteiger partial charge is 0.242 e. The number of nitrogens with one attached hydrogen (secondary N) is 1. The Morgan fingerprint density at radius 2 is 2.00 bits per heavy atom. The van der Waals surface area contributed by atoms with Gasteiger partial charge in [0.05, 0.1) is 0 Å². The quantitative estimate of drug-likeness (QED) is 0.705. The van der Waals surface area contributed by atoms with Crippen molar-refractivity contribution in [1.29, 1.82) is 0 Å². The highest BCUT2D eigenvalue weighted by Gasteiger charge is 2.24. The molecular formula is C13H19Br2N3O2S. The minimum absolute atomic E-state index is 0.195. The number of anilines is 1. The van der Waals surface area contributed by atoms with Gasteiger partial charge in [-0.15, -0.1) is 0 Å². The minimum Gasteiger partial charge on any atom is -0.399 e. The maximum Gasteiger partial charge on any atom is 0.242 e. The van der Waals surface area contributed by atoms with Gasteiger partial charge in [-0.05, 0) is 76.3 Å². The van der Waals surface area contributed by atoms with Crippen molar-refractivity contribution in [2.75, 3.05) is 32.4 Å². The van der Waals surface area contributed by atoms with Crippen molar-refractivity contribution in [3.8, 4) is 0 Å². The van der Waals surface area contributed by atoms with Crippen molar-refractivity contribution in [3.63, 3.8) is 0 Å². The van der Waals surface area contributed by atoms with Crippen LogP contribution in [-0.2, 0) is 10.0 Å². The monoisotopic (exact) mass is 439 g/mol. The van der Waals surface area contributed by atoms with Crippen molar-refractivity contribution in [3.05, 3.63) is 21.1 Å². The van der Waals surface area contributed by atoms with Crippen LogP contribution in [0, 0.1) is 5.92 Å². The molecule has 21 heavy (non-hydrogen) atoms. The van der Waals surface area contributed by atoms with Crippen LogP contribution in [0.3, 0.4) is 0 Å². The number of nitrogen functional groups attached to an aromatic ring is 1. The molecule has 0 aromatic heterocycles. The van der Waals surface area contributed by atoms with Gasteiger partial charge in [-0.2, -0.15) is 0 Å². The second-order valence-electron chi connectivity index (χ2n) is 5.44. The number of benzene rings is 1. The minimum atomic E-state index is -3.57. The number of piperidine rings is 1. The molecule has 1 atom stereocenters. The Bertz CT molecular complexity index is 599. The van der Waals surface area contributed by atoms with E-state index in [1.165, 1.54) is 0 Å². The SMILES string of the molecule is CN1CCCC(CNS(=O)(=O)c2c(Br)cc(N)cc2Br)C1. The van der Waals surface area contributed by atoms with Crippen molar-refractivity contribution < 1.29 is 8.42 Å². The van der Waals surface area contributed by atoms with Crippen molar-refractivity contribution >= 4 is 47.6 Å². The summed E-state index contributed by atoms with van der Waals surface area (Å²) in [4.78, 5) is 2.43. The Hall–Kier alpha value is -0.150. The fourth-order valence-electron chi connectivity index (χ4n) is 2.58. The standard InChI is InChI=1S/C13H19Br2N3O2S/c1-18-4-2-3-9(8-18)7-17-21(19,20)13-11(14)5-10(16)6-12(13)15/h5-6,9,17H,2-4,7-8,16H2,1H3. The summed E-state index contributed by atoms with van der Waals surface area (Å²) in [6.45, 7) is 2.46. The summed E-state index contributed by atoms with van der Waals surface area (Å²) in [5.74, 6) is 0.352. The summed E-state index contributed by atoms with van der Waals surface area (Å²) < 4.78 is 28.6. The van der Waals surface area contributed by atoms with Crippen molar-refractivity contribution in [2.24, 2.45) is 5.92 Å². The molecule has 118 valence electrons. The maximum absolute atomic E-state index is 12.5. The summed E-state index contributed by atoms with van der Waals surface area (Å²) in [6, 6.07) is 3.18. The topological polar surface area (TPSA) is 75.4 Å². The van der Waals surface area contributed by atoms with E-state index in [2.05, 4.69) is 48.5 Å². The fraction of sp³-hybridized carbons (Fsp3) is 0.538. The summed E-state index contributed by atoms with van der Waals surface area (Å²) >= 11 is 6.54. The number of hydrogen-bond donors (Lipinski definition) is 2. The van der Waals surface area contributed by atoms with Crippen LogP contribution in [0.1, 0.15) is 12.8 Å². The lowest BCUT2D eigenvalue weighted by atomic mass is 9.99. The molecule has 0 amide bonds. The van der Waals surface area contributed by atoms with E-state index < -0.39 is 10.0 Å².